The molecular weight excluding hydrogens is 414 g/mol. The summed E-state index contributed by atoms with van der Waals surface area (Å²) < 4.78 is 0. The minimum Gasteiger partial charge on any atom is -0.286 e. The summed E-state index contributed by atoms with van der Waals surface area (Å²) in [5.74, 6) is 0. The third-order valence-corrected chi connectivity index (χ3v) is 5.19. The van der Waals surface area contributed by atoms with Crippen molar-refractivity contribution in [1.29, 1.82) is 0 Å². The lowest BCUT2D eigenvalue weighted by atomic mass is 10.2. The highest BCUT2D eigenvalue weighted by molar-refractivity contribution is 5.50. The maximum Gasteiger partial charge on any atom is 0.272 e. The molecule has 0 aromatic carbocycles. The van der Waals surface area contributed by atoms with Gasteiger partial charge in [0.2, 0.25) is 18.7 Å². The number of amides is 1. The predicted octanol–water partition coefficient (Wildman–Crippen LogP) is -4.08. The lowest BCUT2D eigenvalue weighted by Gasteiger charge is -2.41. The average Bonchev–Trinajstić information content (AvgIpc) is 3.02. The number of rotatable bonds is 6. The minimum absolute atomic E-state index is 0.00537. The molecule has 22 nitrogen and oxygen atoms in total. The molecule has 6 bridgehead atoms. The summed E-state index contributed by atoms with van der Waals surface area (Å²) in [6, 6.07) is 0. The first kappa shape index (κ1) is 17.9. The lowest BCUT2D eigenvalue weighted by molar-refractivity contribution is -0.786. The Bertz CT molecular complexity index is 850. The van der Waals surface area contributed by atoms with E-state index in [1.54, 1.807) is 0 Å². The van der Waals surface area contributed by atoms with E-state index in [-0.39, 0.29) is 31.5 Å². The van der Waals surface area contributed by atoms with Gasteiger partial charge < -0.3 is 0 Å². The molecule has 0 N–H and O–H groups in total. The summed E-state index contributed by atoms with van der Waals surface area (Å²) >= 11 is 0. The molecule has 22 heteroatoms. The molecule has 0 aromatic rings. The molecule has 5 rings (SSSR count). The highest BCUT2D eigenvalue weighted by Crippen LogP contribution is 2.50. The monoisotopic (exact) mass is 421 g/mol. The van der Waals surface area contributed by atoms with E-state index in [9.17, 15) is 55.4 Å². The number of hydrogen-bond donors (Lipinski definition) is 0. The van der Waals surface area contributed by atoms with Crippen LogP contribution in [0.1, 0.15) is 0 Å². The maximum atomic E-state index is 11.7. The number of carbonyl (C=O) groups excluding carboxylic acids is 1. The third kappa shape index (κ3) is 1.80. The Morgan fingerprint density at radius 1 is 0.483 bits per heavy atom. The molecule has 29 heavy (non-hydrogen) atoms. The van der Waals surface area contributed by atoms with Gasteiger partial charge in [0.05, 0.1) is 0 Å². The molecule has 5 saturated heterocycles. The number of piperazine rings is 1. The van der Waals surface area contributed by atoms with Crippen LogP contribution in [-0.2, 0) is 4.79 Å². The lowest BCUT2D eigenvalue weighted by Crippen LogP contribution is -2.76. The smallest absolute Gasteiger partial charge is 0.272 e. The van der Waals surface area contributed by atoms with Crippen LogP contribution >= 0.6 is 0 Å². The molecule has 5 aliphatic rings. The van der Waals surface area contributed by atoms with E-state index in [2.05, 4.69) is 0 Å². The Balaban J connectivity index is 2.10. The van der Waals surface area contributed by atoms with E-state index in [1.807, 2.05) is 0 Å². The van der Waals surface area contributed by atoms with Gasteiger partial charge in [0.25, 0.3) is 24.7 Å². The van der Waals surface area contributed by atoms with Crippen molar-refractivity contribution in [1.82, 2.24) is 29.9 Å². The molecule has 6 atom stereocenters. The highest BCUT2D eigenvalue weighted by atomic mass is 16.7. The average molecular weight is 421 g/mol. The molecule has 5 aliphatic heterocycles. The SMILES string of the molecule is O=CN1C2C3N([N+](=O)[O-])C4C(N([N+](=O)[O-])C(C1N4[N+](=O)[O-])N2[N+](=O)[O-])N3[N+](=O)[O-]. The van der Waals surface area contributed by atoms with Gasteiger partial charge in [0.1, 0.15) is 0 Å². The van der Waals surface area contributed by atoms with Crippen LogP contribution in [-0.4, -0.2) is 98.5 Å². The number of hydrazine groups is 5. The molecule has 5 fully saturated rings. The summed E-state index contributed by atoms with van der Waals surface area (Å²) in [6.07, 6.45) is -13.1. The Morgan fingerprint density at radius 3 is 0.897 bits per heavy atom. The molecule has 0 radical (unpaired) electrons. The van der Waals surface area contributed by atoms with Crippen LogP contribution in [0.3, 0.4) is 0 Å². The number of hydrogen-bond acceptors (Lipinski definition) is 11. The predicted molar refractivity (Wildman–Crippen MR) is 74.8 cm³/mol. The standard InChI is InChI=1S/C7H7N11O11/c19-1-8-2-4-9(14(20)21)3(8)5-12(17(26)27)6(10(2)15(22)23)7(11(4)16(24)25)13(5)18(28)29/h1-7H. The van der Waals surface area contributed by atoms with Gasteiger partial charge in [0, 0.05) is 0 Å². The van der Waals surface area contributed by atoms with Crippen LogP contribution in [0.4, 0.5) is 0 Å². The van der Waals surface area contributed by atoms with Gasteiger partial charge in [-0.3, -0.25) is 9.69 Å². The van der Waals surface area contributed by atoms with Gasteiger partial charge in [0.15, 0.2) is 25.2 Å². The van der Waals surface area contributed by atoms with Crippen molar-refractivity contribution in [3.63, 3.8) is 0 Å². The van der Waals surface area contributed by atoms with Gasteiger partial charge in [-0.25, -0.2) is 50.6 Å². The second kappa shape index (κ2) is 5.26. The summed E-state index contributed by atoms with van der Waals surface area (Å²) in [7, 11) is 0. The zero-order valence-corrected chi connectivity index (χ0v) is 13.5. The van der Waals surface area contributed by atoms with Crippen LogP contribution in [0, 0.1) is 50.6 Å². The van der Waals surface area contributed by atoms with Crippen molar-refractivity contribution in [2.45, 2.75) is 37.0 Å². The van der Waals surface area contributed by atoms with E-state index >= 15 is 0 Å². The van der Waals surface area contributed by atoms with Gasteiger partial charge in [-0.2, -0.15) is 0 Å². The van der Waals surface area contributed by atoms with E-state index in [0.717, 1.165) is 0 Å². The van der Waals surface area contributed by atoms with Crippen molar-refractivity contribution in [3.8, 4) is 0 Å². The van der Waals surface area contributed by atoms with Crippen LogP contribution in [0.5, 0.6) is 0 Å². The summed E-state index contributed by atoms with van der Waals surface area (Å²) in [4.78, 5) is 70.3. The number of nitrogens with zero attached hydrogens (tertiary/aromatic N) is 11. The Labute approximate surface area is 155 Å². The van der Waals surface area contributed by atoms with E-state index in [0.29, 0.717) is 4.90 Å². The third-order valence-electron chi connectivity index (χ3n) is 5.19. The first-order chi connectivity index (χ1) is 13.6. The topological polar surface area (TPSA) is 252 Å². The normalized spacial score (nSPS) is 33.9. The molecule has 0 aliphatic carbocycles. The van der Waals surface area contributed by atoms with Crippen LogP contribution < -0.4 is 0 Å². The van der Waals surface area contributed by atoms with Crippen molar-refractivity contribution in [3.05, 3.63) is 50.6 Å². The van der Waals surface area contributed by atoms with Crippen LogP contribution in [0.25, 0.3) is 0 Å². The van der Waals surface area contributed by atoms with Gasteiger partial charge in [-0.05, 0) is 0 Å². The van der Waals surface area contributed by atoms with Crippen molar-refractivity contribution >= 4 is 6.41 Å². The van der Waals surface area contributed by atoms with Gasteiger partial charge in [-0.1, -0.05) is 25.0 Å². The van der Waals surface area contributed by atoms with E-state index in [4.69, 9.17) is 0 Å². The molecule has 6 unspecified atom stereocenters. The first-order valence-corrected chi connectivity index (χ1v) is 7.42. The van der Waals surface area contributed by atoms with Gasteiger partial charge in [-0.15, -0.1) is 0 Å². The molecule has 0 saturated carbocycles. The quantitative estimate of drug-likeness (QED) is 0.224. The fourth-order valence-corrected chi connectivity index (χ4v) is 4.46. The summed E-state index contributed by atoms with van der Waals surface area (Å²) in [6.45, 7) is 0. The second-order valence-electron chi connectivity index (χ2n) is 6.12. The molecule has 0 aromatic heterocycles. The van der Waals surface area contributed by atoms with Crippen LogP contribution in [0.15, 0.2) is 0 Å². The molecule has 1 amide bonds. The maximum absolute atomic E-state index is 11.7. The summed E-state index contributed by atoms with van der Waals surface area (Å²) in [5.41, 5.74) is 0. The summed E-state index contributed by atoms with van der Waals surface area (Å²) in [5, 5.41) is 51.8. The van der Waals surface area contributed by atoms with Gasteiger partial charge >= 0.3 is 0 Å². The van der Waals surface area contributed by atoms with Crippen molar-refractivity contribution in [2.24, 2.45) is 0 Å². The van der Waals surface area contributed by atoms with Crippen molar-refractivity contribution < 1.29 is 30.0 Å². The molecular formula is C7H7N11O11. The minimum atomic E-state index is -2.25. The first-order valence-electron chi connectivity index (χ1n) is 7.42. The number of carbonyl (C=O) groups is 1. The Hall–Kier alpha value is -4.53. The molecule has 156 valence electrons. The Kier molecular flexibility index (Phi) is 3.24. The second-order valence-corrected chi connectivity index (χ2v) is 6.12. The fraction of sp³-hybridized carbons (Fsp3) is 0.857. The van der Waals surface area contributed by atoms with E-state index < -0.39 is 62.2 Å². The Morgan fingerprint density at radius 2 is 0.690 bits per heavy atom. The molecule has 5 heterocycles. The zero-order chi connectivity index (χ0) is 21.5. The number of nitro groups is 5. The molecule has 0 spiro atoms. The highest BCUT2D eigenvalue weighted by Gasteiger charge is 2.87. The largest absolute Gasteiger partial charge is 0.286 e. The fourth-order valence-electron chi connectivity index (χ4n) is 4.46. The van der Waals surface area contributed by atoms with E-state index in [1.165, 1.54) is 0 Å². The van der Waals surface area contributed by atoms with Crippen LogP contribution in [0.2, 0.25) is 0 Å². The van der Waals surface area contributed by atoms with Crippen molar-refractivity contribution in [2.75, 3.05) is 0 Å². The zero-order valence-electron chi connectivity index (χ0n) is 13.5.